The topological polar surface area (TPSA) is 107 Å². The van der Waals surface area contributed by atoms with E-state index >= 15 is 0 Å². The van der Waals surface area contributed by atoms with Crippen LogP contribution in [0.25, 0.3) is 11.1 Å². The third-order valence-corrected chi connectivity index (χ3v) is 8.76. The fourth-order valence-electron chi connectivity index (χ4n) is 5.77. The van der Waals surface area contributed by atoms with Gasteiger partial charge in [-0.05, 0) is 72.1 Å². The Morgan fingerprint density at radius 2 is 1.37 bits per heavy atom. The number of anilines is 1. The molecular weight excluding hydrogens is 675 g/mol. The summed E-state index contributed by atoms with van der Waals surface area (Å²) in [7, 11) is 2.18. The van der Waals surface area contributed by atoms with Crippen molar-refractivity contribution in [2.24, 2.45) is 0 Å². The van der Waals surface area contributed by atoms with Gasteiger partial charge >= 0.3 is 18.2 Å². The predicted octanol–water partition coefficient (Wildman–Crippen LogP) is 6.68. The van der Waals surface area contributed by atoms with E-state index in [2.05, 4.69) is 82.1 Å². The molecule has 3 N–H and O–H groups in total. The van der Waals surface area contributed by atoms with Gasteiger partial charge in [-0.25, -0.2) is 9.59 Å². The number of amides is 2. The van der Waals surface area contributed by atoms with Crippen LogP contribution in [-0.4, -0.2) is 91.1 Å². The van der Waals surface area contributed by atoms with Gasteiger partial charge in [0.1, 0.15) is 0 Å². The minimum Gasteiger partial charge on any atom is -0.475 e. The van der Waals surface area contributed by atoms with Crippen molar-refractivity contribution in [3.05, 3.63) is 114 Å². The second kappa shape index (κ2) is 18.4. The number of benzene rings is 4. The zero-order chi connectivity index (χ0) is 36.9. The smallest absolute Gasteiger partial charge is 0.475 e. The highest BCUT2D eigenvalue weighted by atomic mass is 19.4. The maximum atomic E-state index is 13.3. The molecule has 2 aliphatic rings. The molecule has 2 heterocycles. The van der Waals surface area contributed by atoms with Crippen LogP contribution in [0.5, 0.6) is 11.5 Å². The Hall–Kier alpha value is -5.11. The van der Waals surface area contributed by atoms with Crippen LogP contribution in [-0.2, 0) is 24.4 Å². The predicted molar refractivity (Wildman–Crippen MR) is 193 cm³/mol. The van der Waals surface area contributed by atoms with Crippen molar-refractivity contribution < 1.29 is 37.3 Å². The second-order valence-corrected chi connectivity index (χ2v) is 12.7. The fraction of sp³-hybridized carbons (Fsp3) is 0.333. The van der Waals surface area contributed by atoms with Crippen LogP contribution in [0.15, 0.2) is 97.1 Å². The van der Waals surface area contributed by atoms with Crippen LogP contribution in [0.2, 0.25) is 0 Å². The Bertz CT molecular complexity index is 1730. The van der Waals surface area contributed by atoms with E-state index in [0.29, 0.717) is 19.9 Å². The summed E-state index contributed by atoms with van der Waals surface area (Å²) >= 11 is 0. The molecule has 0 aromatic heterocycles. The fourth-order valence-corrected chi connectivity index (χ4v) is 5.77. The first kappa shape index (κ1) is 38.1. The number of nitrogens with one attached hydrogen (secondary N) is 2. The number of halogens is 3. The Morgan fingerprint density at radius 3 is 2.00 bits per heavy atom. The van der Waals surface area contributed by atoms with E-state index in [4.69, 9.17) is 19.4 Å². The molecule has 2 aliphatic heterocycles. The van der Waals surface area contributed by atoms with Gasteiger partial charge in [0.15, 0.2) is 11.5 Å². The molecule has 0 bridgehead atoms. The third kappa shape index (κ3) is 11.7. The van der Waals surface area contributed by atoms with Crippen LogP contribution in [0.3, 0.4) is 0 Å². The number of carboxylic acid groups (broad SMARTS) is 1. The van der Waals surface area contributed by atoms with Gasteiger partial charge in [0.25, 0.3) is 0 Å². The van der Waals surface area contributed by atoms with E-state index < -0.39 is 12.1 Å². The second-order valence-electron chi connectivity index (χ2n) is 12.7. The van der Waals surface area contributed by atoms with E-state index in [1.54, 1.807) is 0 Å². The summed E-state index contributed by atoms with van der Waals surface area (Å²) in [4.78, 5) is 29.0. The Morgan fingerprint density at radius 1 is 0.788 bits per heavy atom. The number of carboxylic acids is 1. The molecule has 0 aliphatic carbocycles. The van der Waals surface area contributed by atoms with Crippen molar-refractivity contribution >= 4 is 17.7 Å². The van der Waals surface area contributed by atoms with Gasteiger partial charge in [-0.2, -0.15) is 13.2 Å². The number of fused-ring (bicyclic) bond motifs is 1. The molecule has 0 unspecified atom stereocenters. The molecule has 1 saturated heterocycles. The van der Waals surface area contributed by atoms with Gasteiger partial charge in [-0.3, -0.25) is 0 Å². The van der Waals surface area contributed by atoms with Gasteiger partial charge in [-0.1, -0.05) is 72.8 Å². The number of piperazine rings is 1. The van der Waals surface area contributed by atoms with E-state index in [-0.39, 0.29) is 6.03 Å². The molecule has 0 saturated carbocycles. The lowest BCUT2D eigenvalue weighted by molar-refractivity contribution is -0.192. The van der Waals surface area contributed by atoms with Crippen molar-refractivity contribution in [1.82, 2.24) is 20.0 Å². The van der Waals surface area contributed by atoms with Crippen LogP contribution in [0.1, 0.15) is 23.1 Å². The average Bonchev–Trinajstić information content (AvgIpc) is 3.61. The molecule has 0 atom stereocenters. The van der Waals surface area contributed by atoms with Crippen LogP contribution in [0, 0.1) is 0 Å². The number of urea groups is 1. The summed E-state index contributed by atoms with van der Waals surface area (Å²) in [5, 5.41) is 13.7. The Labute approximate surface area is 301 Å². The maximum absolute atomic E-state index is 13.3. The third-order valence-electron chi connectivity index (χ3n) is 8.76. The Kier molecular flexibility index (Phi) is 13.5. The number of rotatable bonds is 12. The summed E-state index contributed by atoms with van der Waals surface area (Å²) in [6.07, 6.45) is -4.14. The van der Waals surface area contributed by atoms with Gasteiger partial charge in [0.05, 0.1) is 0 Å². The largest absolute Gasteiger partial charge is 0.490 e. The SMILES string of the molecule is CN1CCN(CCCN(Cc2ccc(-c3ccc(CNCc4ccc5c(c4)OCO5)cc3)cc2)C(=O)Nc2ccccc2)CC1.O=C(O)C(F)(F)F. The molecule has 4 aromatic carbocycles. The Balaban J connectivity index is 0.000000679. The lowest BCUT2D eigenvalue weighted by Crippen LogP contribution is -2.45. The van der Waals surface area contributed by atoms with E-state index in [1.807, 2.05) is 47.4 Å². The first-order chi connectivity index (χ1) is 25.0. The number of carbonyl (C=O) groups is 2. The van der Waals surface area contributed by atoms with Gasteiger partial charge < -0.3 is 39.9 Å². The molecule has 10 nitrogen and oxygen atoms in total. The molecule has 2 amide bonds. The van der Waals surface area contributed by atoms with Crippen molar-refractivity contribution in [2.75, 3.05) is 58.4 Å². The minimum absolute atomic E-state index is 0.0635. The number of hydrogen-bond acceptors (Lipinski definition) is 7. The van der Waals surface area contributed by atoms with Crippen LogP contribution >= 0.6 is 0 Å². The molecule has 4 aromatic rings. The quantitative estimate of drug-likeness (QED) is 0.149. The first-order valence-electron chi connectivity index (χ1n) is 17.1. The minimum atomic E-state index is -5.08. The standard InChI is InChI=1S/C37H43N5O3.C2HF3O2/c1-40-20-22-41(23-21-40)18-5-19-42(37(43)39-34-6-3-2-4-7-34)27-30-10-15-33(16-11-30)32-13-8-29(9-14-32)25-38-26-31-12-17-35-36(24-31)45-28-44-35;3-2(4,5)1(6)7/h2-4,6-17,24,38H,5,18-23,25-28H2,1H3,(H,39,43);(H,6,7). The van der Waals surface area contributed by atoms with E-state index in [9.17, 15) is 18.0 Å². The van der Waals surface area contributed by atoms with Crippen molar-refractivity contribution in [2.45, 2.75) is 32.2 Å². The summed E-state index contributed by atoms with van der Waals surface area (Å²) < 4.78 is 42.6. The van der Waals surface area contributed by atoms with Crippen molar-refractivity contribution in [1.29, 1.82) is 0 Å². The number of nitrogens with zero attached hydrogens (tertiary/aromatic N) is 3. The number of alkyl halides is 3. The average molecular weight is 720 g/mol. The van der Waals surface area contributed by atoms with E-state index in [1.165, 1.54) is 16.7 Å². The number of ether oxygens (including phenoxy) is 2. The van der Waals surface area contributed by atoms with Gasteiger partial charge in [-0.15, -0.1) is 0 Å². The summed E-state index contributed by atoms with van der Waals surface area (Å²) in [6, 6.07) is 33.0. The number of carbonyl (C=O) groups excluding carboxylic acids is 1. The molecule has 276 valence electrons. The molecule has 13 heteroatoms. The number of aliphatic carboxylic acids is 1. The maximum Gasteiger partial charge on any atom is 0.490 e. The number of hydrogen-bond donors (Lipinski definition) is 3. The summed E-state index contributed by atoms with van der Waals surface area (Å²) in [5.74, 6) is -1.13. The molecule has 1 fully saturated rings. The highest BCUT2D eigenvalue weighted by Crippen LogP contribution is 2.32. The first-order valence-corrected chi connectivity index (χ1v) is 17.1. The molecule has 0 radical (unpaired) electrons. The molecular formula is C39H44F3N5O5. The number of para-hydroxylation sites is 1. The van der Waals surface area contributed by atoms with Crippen LogP contribution < -0.4 is 20.1 Å². The van der Waals surface area contributed by atoms with E-state index in [0.717, 1.165) is 80.5 Å². The molecule has 52 heavy (non-hydrogen) atoms. The zero-order valence-electron chi connectivity index (χ0n) is 29.1. The highest BCUT2D eigenvalue weighted by molar-refractivity contribution is 5.89. The number of likely N-dealkylation sites (N-methyl/N-ethyl adjacent to an activating group) is 1. The van der Waals surface area contributed by atoms with Gasteiger partial charge in [0.2, 0.25) is 6.79 Å². The summed E-state index contributed by atoms with van der Waals surface area (Å²) in [5.41, 5.74) is 6.66. The van der Waals surface area contributed by atoms with Gasteiger partial charge in [0, 0.05) is 58.0 Å². The van der Waals surface area contributed by atoms with Crippen molar-refractivity contribution in [3.8, 4) is 22.6 Å². The zero-order valence-corrected chi connectivity index (χ0v) is 29.1. The lowest BCUT2D eigenvalue weighted by Gasteiger charge is -2.33. The van der Waals surface area contributed by atoms with Crippen molar-refractivity contribution in [3.63, 3.8) is 0 Å². The summed E-state index contributed by atoms with van der Waals surface area (Å²) in [6.45, 7) is 8.50. The highest BCUT2D eigenvalue weighted by Gasteiger charge is 2.38. The van der Waals surface area contributed by atoms with Crippen LogP contribution in [0.4, 0.5) is 23.7 Å². The molecule has 0 spiro atoms. The normalized spacial score (nSPS) is 14.3. The molecule has 6 rings (SSSR count). The lowest BCUT2D eigenvalue weighted by atomic mass is 10.0. The monoisotopic (exact) mass is 719 g/mol.